The number of hydrogen-bond acceptors (Lipinski definition) is 5. The van der Waals surface area contributed by atoms with Gasteiger partial charge in [0.2, 0.25) is 5.88 Å². The third-order valence-electron chi connectivity index (χ3n) is 6.24. The SMILES string of the molecule is O=C(O)c1ccccc1NCCc1cc(C(F)(F)F)cc2c(=O)cc(N3Cc4ccccc4C3)oc12. The van der Waals surface area contributed by atoms with Crippen LogP contribution in [0.5, 0.6) is 0 Å². The highest BCUT2D eigenvalue weighted by atomic mass is 19.4. The molecule has 0 radical (unpaired) electrons. The molecule has 2 N–H and O–H groups in total. The zero-order valence-corrected chi connectivity index (χ0v) is 18.9. The summed E-state index contributed by atoms with van der Waals surface area (Å²) in [5, 5.41) is 12.2. The van der Waals surface area contributed by atoms with Gasteiger partial charge in [0.15, 0.2) is 5.43 Å². The second kappa shape index (κ2) is 9.07. The van der Waals surface area contributed by atoms with Gasteiger partial charge in [-0.05, 0) is 47.4 Å². The Bertz CT molecular complexity index is 1500. The number of halogens is 3. The first-order valence-corrected chi connectivity index (χ1v) is 11.3. The summed E-state index contributed by atoms with van der Waals surface area (Å²) in [4.78, 5) is 26.3. The average Bonchev–Trinajstić information content (AvgIpc) is 3.28. The van der Waals surface area contributed by atoms with Gasteiger partial charge in [-0.15, -0.1) is 0 Å². The highest BCUT2D eigenvalue weighted by Crippen LogP contribution is 2.35. The Morgan fingerprint density at radius 3 is 2.33 bits per heavy atom. The number of alkyl halides is 3. The van der Waals surface area contributed by atoms with E-state index in [1.54, 1.807) is 18.2 Å². The third-order valence-corrected chi connectivity index (χ3v) is 6.24. The normalized spacial score (nSPS) is 13.1. The van der Waals surface area contributed by atoms with Crippen LogP contribution in [-0.4, -0.2) is 17.6 Å². The number of carboxylic acid groups (broad SMARTS) is 1. The van der Waals surface area contributed by atoms with Gasteiger partial charge in [-0.2, -0.15) is 13.2 Å². The molecule has 0 saturated heterocycles. The van der Waals surface area contributed by atoms with E-state index in [4.69, 9.17) is 4.42 Å². The number of carbonyl (C=O) groups is 1. The monoisotopic (exact) mass is 494 g/mol. The molecule has 0 spiro atoms. The summed E-state index contributed by atoms with van der Waals surface area (Å²) >= 11 is 0. The number of carboxylic acids is 1. The number of anilines is 2. The Labute approximate surface area is 203 Å². The second-order valence-electron chi connectivity index (χ2n) is 8.61. The van der Waals surface area contributed by atoms with Crippen molar-refractivity contribution in [1.82, 2.24) is 0 Å². The van der Waals surface area contributed by atoms with Gasteiger partial charge in [-0.3, -0.25) is 4.79 Å². The highest BCUT2D eigenvalue weighted by Gasteiger charge is 2.32. The molecule has 1 aliphatic heterocycles. The lowest BCUT2D eigenvalue weighted by Gasteiger charge is -2.18. The Kier molecular flexibility index (Phi) is 5.91. The molecule has 0 atom stereocenters. The van der Waals surface area contributed by atoms with Crippen LogP contribution in [-0.2, 0) is 25.7 Å². The zero-order valence-electron chi connectivity index (χ0n) is 18.9. The van der Waals surface area contributed by atoms with Crippen molar-refractivity contribution in [3.63, 3.8) is 0 Å². The fraction of sp³-hybridized carbons (Fsp3) is 0.185. The van der Waals surface area contributed by atoms with Gasteiger partial charge >= 0.3 is 12.1 Å². The van der Waals surface area contributed by atoms with Crippen LogP contribution in [0.4, 0.5) is 24.7 Å². The van der Waals surface area contributed by atoms with Crippen LogP contribution in [0.15, 0.2) is 75.9 Å². The summed E-state index contributed by atoms with van der Waals surface area (Å²) in [7, 11) is 0. The van der Waals surface area contributed by atoms with Gasteiger partial charge in [0, 0.05) is 31.4 Å². The number of para-hydroxylation sites is 1. The number of nitrogens with zero attached hydrogens (tertiary/aromatic N) is 1. The zero-order chi connectivity index (χ0) is 25.4. The molecule has 5 rings (SSSR count). The lowest BCUT2D eigenvalue weighted by atomic mass is 10.0. The van der Waals surface area contributed by atoms with Crippen molar-refractivity contribution in [2.24, 2.45) is 0 Å². The molecule has 1 aromatic heterocycles. The van der Waals surface area contributed by atoms with Gasteiger partial charge in [0.1, 0.15) is 5.58 Å². The summed E-state index contributed by atoms with van der Waals surface area (Å²) in [5.74, 6) is -0.834. The quantitative estimate of drug-likeness (QED) is 0.359. The predicted octanol–water partition coefficient (Wildman–Crippen LogP) is 5.68. The minimum absolute atomic E-state index is 0.0498. The first kappa shape index (κ1) is 23.5. The lowest BCUT2D eigenvalue weighted by Crippen LogP contribution is -2.18. The highest BCUT2D eigenvalue weighted by molar-refractivity contribution is 5.94. The number of rotatable bonds is 6. The molecule has 0 amide bonds. The van der Waals surface area contributed by atoms with Crippen LogP contribution >= 0.6 is 0 Å². The van der Waals surface area contributed by atoms with E-state index in [1.165, 1.54) is 12.1 Å². The van der Waals surface area contributed by atoms with Crippen molar-refractivity contribution in [3.05, 3.63) is 105 Å². The van der Waals surface area contributed by atoms with Crippen molar-refractivity contribution in [2.45, 2.75) is 25.7 Å². The van der Waals surface area contributed by atoms with E-state index in [-0.39, 0.29) is 40.9 Å². The molecule has 3 aromatic carbocycles. The molecular formula is C27H21F3N2O4. The molecule has 2 heterocycles. The van der Waals surface area contributed by atoms with Crippen molar-refractivity contribution < 1.29 is 27.5 Å². The van der Waals surface area contributed by atoms with Crippen LogP contribution < -0.4 is 15.6 Å². The second-order valence-corrected chi connectivity index (χ2v) is 8.61. The topological polar surface area (TPSA) is 82.8 Å². The van der Waals surface area contributed by atoms with Gasteiger partial charge in [-0.1, -0.05) is 36.4 Å². The van der Waals surface area contributed by atoms with Crippen molar-refractivity contribution in [1.29, 1.82) is 0 Å². The maximum Gasteiger partial charge on any atom is 0.416 e. The molecule has 184 valence electrons. The van der Waals surface area contributed by atoms with Crippen LogP contribution in [0.1, 0.15) is 32.6 Å². The molecule has 4 aromatic rings. The molecule has 0 bridgehead atoms. The summed E-state index contributed by atoms with van der Waals surface area (Å²) in [6.45, 7) is 1.17. The number of aromatic carboxylic acids is 1. The van der Waals surface area contributed by atoms with Gasteiger partial charge in [-0.25, -0.2) is 4.79 Å². The minimum atomic E-state index is -4.64. The number of hydrogen-bond donors (Lipinski definition) is 2. The molecule has 0 aliphatic carbocycles. The van der Waals surface area contributed by atoms with E-state index in [1.807, 2.05) is 29.2 Å². The molecule has 0 saturated carbocycles. The Morgan fingerprint density at radius 2 is 1.67 bits per heavy atom. The van der Waals surface area contributed by atoms with E-state index in [0.29, 0.717) is 18.8 Å². The van der Waals surface area contributed by atoms with Gasteiger partial charge in [0.25, 0.3) is 0 Å². The van der Waals surface area contributed by atoms with E-state index in [9.17, 15) is 27.9 Å². The first-order chi connectivity index (χ1) is 17.2. The molecule has 6 nitrogen and oxygen atoms in total. The number of benzene rings is 3. The van der Waals surface area contributed by atoms with Crippen LogP contribution in [0.25, 0.3) is 11.0 Å². The average molecular weight is 494 g/mol. The Morgan fingerprint density at radius 1 is 1.00 bits per heavy atom. The fourth-order valence-electron chi connectivity index (χ4n) is 4.47. The van der Waals surface area contributed by atoms with Gasteiger partial charge < -0.3 is 19.7 Å². The summed E-state index contributed by atoms with van der Waals surface area (Å²) < 4.78 is 46.9. The van der Waals surface area contributed by atoms with E-state index in [2.05, 4.69) is 5.32 Å². The van der Waals surface area contributed by atoms with Crippen molar-refractivity contribution >= 4 is 28.5 Å². The van der Waals surface area contributed by atoms with Crippen molar-refractivity contribution in [3.8, 4) is 0 Å². The Balaban J connectivity index is 1.51. The van der Waals surface area contributed by atoms with E-state index < -0.39 is 23.1 Å². The lowest BCUT2D eigenvalue weighted by molar-refractivity contribution is -0.137. The Hall–Kier alpha value is -4.27. The standard InChI is InChI=1S/C27H21F3N2O4/c28-27(29,30)19-11-16(9-10-31-22-8-4-3-7-20(22)26(34)35)25-21(12-19)23(33)13-24(36-25)32-14-17-5-1-2-6-18(17)15-32/h1-8,11-13,31H,9-10,14-15H2,(H,34,35). The predicted molar refractivity (Wildman–Crippen MR) is 129 cm³/mol. The summed E-state index contributed by atoms with van der Waals surface area (Å²) in [5.41, 5.74) is 1.38. The largest absolute Gasteiger partial charge is 0.478 e. The third kappa shape index (κ3) is 4.51. The maximum atomic E-state index is 13.6. The van der Waals surface area contributed by atoms with E-state index >= 15 is 0 Å². The van der Waals surface area contributed by atoms with E-state index in [0.717, 1.165) is 23.3 Å². The molecule has 0 fully saturated rings. The fourth-order valence-corrected chi connectivity index (χ4v) is 4.47. The number of nitrogens with one attached hydrogen (secondary N) is 1. The summed E-state index contributed by atoms with van der Waals surface area (Å²) in [6, 6.07) is 17.1. The van der Waals surface area contributed by atoms with Crippen LogP contribution in [0.2, 0.25) is 0 Å². The van der Waals surface area contributed by atoms with Crippen LogP contribution in [0.3, 0.4) is 0 Å². The minimum Gasteiger partial charge on any atom is -0.478 e. The first-order valence-electron chi connectivity index (χ1n) is 11.3. The molecule has 9 heteroatoms. The smallest absolute Gasteiger partial charge is 0.416 e. The van der Waals surface area contributed by atoms with Crippen LogP contribution in [0, 0.1) is 0 Å². The van der Waals surface area contributed by atoms with Crippen molar-refractivity contribution in [2.75, 3.05) is 16.8 Å². The molecule has 0 unspecified atom stereocenters. The maximum absolute atomic E-state index is 13.6. The number of fused-ring (bicyclic) bond motifs is 2. The molecular weight excluding hydrogens is 473 g/mol. The molecule has 36 heavy (non-hydrogen) atoms. The van der Waals surface area contributed by atoms with Gasteiger partial charge in [0.05, 0.1) is 16.5 Å². The molecule has 1 aliphatic rings. The summed E-state index contributed by atoms with van der Waals surface area (Å²) in [6.07, 6.45) is -4.57.